The summed E-state index contributed by atoms with van der Waals surface area (Å²) in [6.45, 7) is 4.46. The van der Waals surface area contributed by atoms with E-state index in [1.165, 1.54) is 24.5 Å². The lowest BCUT2D eigenvalue weighted by Crippen LogP contribution is -2.30. The average Bonchev–Trinajstić information content (AvgIpc) is 2.77. The van der Waals surface area contributed by atoms with Crippen molar-refractivity contribution in [2.24, 2.45) is 5.92 Å². The van der Waals surface area contributed by atoms with E-state index in [1.54, 1.807) is 12.2 Å². The van der Waals surface area contributed by atoms with Crippen molar-refractivity contribution in [3.63, 3.8) is 0 Å². The van der Waals surface area contributed by atoms with Gasteiger partial charge in [-0.15, -0.1) is 12.4 Å². The third-order valence-corrected chi connectivity index (χ3v) is 5.59. The summed E-state index contributed by atoms with van der Waals surface area (Å²) in [6, 6.07) is 15.3. The van der Waals surface area contributed by atoms with Crippen LogP contribution >= 0.6 is 12.4 Å². The number of hydrogen-bond donors (Lipinski definition) is 2. The number of halogens is 1. The molecule has 1 unspecified atom stereocenters. The van der Waals surface area contributed by atoms with Crippen molar-refractivity contribution in [1.29, 1.82) is 0 Å². The Bertz CT molecular complexity index is 895. The number of carbonyl (C=O) groups is 2. The Morgan fingerprint density at radius 2 is 1.47 bits per heavy atom. The van der Waals surface area contributed by atoms with Gasteiger partial charge in [-0.05, 0) is 66.6 Å². The van der Waals surface area contributed by atoms with Crippen LogP contribution in [-0.2, 0) is 4.79 Å². The quantitative estimate of drug-likeness (QED) is 0.472. The van der Waals surface area contributed by atoms with Gasteiger partial charge >= 0.3 is 5.97 Å². The zero-order chi connectivity index (χ0) is 20.6. The Kier molecular flexibility index (Phi) is 9.03. The maximum absolute atomic E-state index is 12.5. The second-order valence-corrected chi connectivity index (χ2v) is 7.53. The van der Waals surface area contributed by atoms with E-state index < -0.39 is 5.97 Å². The molecule has 0 amide bonds. The van der Waals surface area contributed by atoms with Crippen molar-refractivity contribution >= 4 is 36.3 Å². The van der Waals surface area contributed by atoms with Crippen molar-refractivity contribution in [2.75, 3.05) is 13.1 Å². The van der Waals surface area contributed by atoms with E-state index in [4.69, 9.17) is 5.11 Å². The van der Waals surface area contributed by atoms with Crippen molar-refractivity contribution in [1.82, 2.24) is 5.32 Å². The number of benzene rings is 2. The number of carbonyl (C=O) groups excluding carboxylic acids is 1. The standard InChI is InChI=1S/C25H27NO3.ClH/c1-18(22-14-16-26-17-15-22)21-8-10-23(11-9-21)24(27)12-6-19-2-4-20(5-3-19)7-13-25(28)29;/h2-13,18,22,26H,14-17H2,1H3,(H,28,29);1H. The maximum Gasteiger partial charge on any atom is 0.328 e. The topological polar surface area (TPSA) is 66.4 Å². The molecule has 1 atom stereocenters. The molecule has 30 heavy (non-hydrogen) atoms. The van der Waals surface area contributed by atoms with Crippen LogP contribution in [0.4, 0.5) is 0 Å². The highest BCUT2D eigenvalue weighted by atomic mass is 35.5. The molecule has 2 aromatic carbocycles. The van der Waals surface area contributed by atoms with E-state index in [9.17, 15) is 9.59 Å². The summed E-state index contributed by atoms with van der Waals surface area (Å²) in [5, 5.41) is 12.1. The number of nitrogens with one attached hydrogen (secondary N) is 1. The first kappa shape index (κ1) is 23.6. The molecule has 3 rings (SSSR count). The largest absolute Gasteiger partial charge is 0.478 e. The highest BCUT2D eigenvalue weighted by molar-refractivity contribution is 6.06. The summed E-state index contributed by atoms with van der Waals surface area (Å²) in [5.41, 5.74) is 3.67. The minimum absolute atomic E-state index is 0. The predicted octanol–water partition coefficient (Wildman–Crippen LogP) is 5.21. The third-order valence-electron chi connectivity index (χ3n) is 5.59. The molecule has 1 saturated heterocycles. The van der Waals surface area contributed by atoms with Crippen molar-refractivity contribution in [3.8, 4) is 0 Å². The molecule has 158 valence electrons. The van der Waals surface area contributed by atoms with Gasteiger partial charge in [-0.3, -0.25) is 4.79 Å². The van der Waals surface area contributed by atoms with Crippen LogP contribution in [0.25, 0.3) is 12.2 Å². The summed E-state index contributed by atoms with van der Waals surface area (Å²) in [5.74, 6) is 0.202. The van der Waals surface area contributed by atoms with E-state index in [2.05, 4.69) is 24.4 Å². The van der Waals surface area contributed by atoms with Gasteiger partial charge in [0.1, 0.15) is 0 Å². The van der Waals surface area contributed by atoms with E-state index in [1.807, 2.05) is 36.4 Å². The maximum atomic E-state index is 12.5. The minimum atomic E-state index is -0.976. The average molecular weight is 426 g/mol. The molecule has 2 N–H and O–H groups in total. The molecule has 0 bridgehead atoms. The van der Waals surface area contributed by atoms with Crippen LogP contribution in [0.1, 0.15) is 52.7 Å². The molecule has 0 radical (unpaired) electrons. The first-order valence-electron chi connectivity index (χ1n) is 10.1. The Morgan fingerprint density at radius 3 is 2.00 bits per heavy atom. The number of piperidine rings is 1. The van der Waals surface area contributed by atoms with Crippen molar-refractivity contribution < 1.29 is 14.7 Å². The van der Waals surface area contributed by atoms with Gasteiger partial charge in [-0.2, -0.15) is 0 Å². The van der Waals surface area contributed by atoms with Crippen LogP contribution in [-0.4, -0.2) is 29.9 Å². The molecule has 1 fully saturated rings. The lowest BCUT2D eigenvalue weighted by molar-refractivity contribution is -0.131. The van der Waals surface area contributed by atoms with Crippen LogP contribution in [0, 0.1) is 5.92 Å². The number of aliphatic carboxylic acids is 1. The second kappa shape index (κ2) is 11.5. The van der Waals surface area contributed by atoms with E-state index in [-0.39, 0.29) is 18.2 Å². The third kappa shape index (κ3) is 6.68. The van der Waals surface area contributed by atoms with Gasteiger partial charge in [-0.1, -0.05) is 61.5 Å². The summed E-state index contributed by atoms with van der Waals surface area (Å²) in [6.07, 6.45) is 8.40. The van der Waals surface area contributed by atoms with Crippen LogP contribution in [0.15, 0.2) is 60.7 Å². The lowest BCUT2D eigenvalue weighted by Gasteiger charge is -2.28. The smallest absolute Gasteiger partial charge is 0.328 e. The molecule has 5 heteroatoms. The zero-order valence-corrected chi connectivity index (χ0v) is 17.9. The molecule has 1 heterocycles. The van der Waals surface area contributed by atoms with Gasteiger partial charge in [0.2, 0.25) is 0 Å². The number of carboxylic acids is 1. The summed E-state index contributed by atoms with van der Waals surface area (Å²) >= 11 is 0. The predicted molar refractivity (Wildman–Crippen MR) is 124 cm³/mol. The first-order chi connectivity index (χ1) is 14.0. The Labute approximate surface area is 184 Å². The van der Waals surface area contributed by atoms with Gasteiger partial charge in [0, 0.05) is 11.6 Å². The van der Waals surface area contributed by atoms with Crippen LogP contribution in [0.5, 0.6) is 0 Å². The molecule has 1 aliphatic heterocycles. The van der Waals surface area contributed by atoms with E-state index in [0.29, 0.717) is 17.4 Å². The molecular weight excluding hydrogens is 398 g/mol. The molecule has 0 saturated carbocycles. The molecule has 0 spiro atoms. The molecule has 1 aliphatic rings. The van der Waals surface area contributed by atoms with Crippen LogP contribution in [0.2, 0.25) is 0 Å². The molecule has 0 aliphatic carbocycles. The van der Waals surface area contributed by atoms with Gasteiger partial charge in [-0.25, -0.2) is 4.79 Å². The number of rotatable bonds is 7. The normalized spacial score (nSPS) is 15.8. The van der Waals surface area contributed by atoms with Gasteiger partial charge in [0.05, 0.1) is 0 Å². The fourth-order valence-electron chi connectivity index (χ4n) is 3.72. The molecule has 2 aromatic rings. The minimum Gasteiger partial charge on any atom is -0.478 e. The highest BCUT2D eigenvalue weighted by Gasteiger charge is 2.21. The van der Waals surface area contributed by atoms with Gasteiger partial charge in [0.15, 0.2) is 5.78 Å². The Morgan fingerprint density at radius 1 is 0.933 bits per heavy atom. The number of hydrogen-bond acceptors (Lipinski definition) is 3. The van der Waals surface area contributed by atoms with Crippen molar-refractivity contribution in [3.05, 3.63) is 82.9 Å². The molecule has 0 aromatic heterocycles. The Balaban J connectivity index is 0.00000320. The fraction of sp³-hybridized carbons (Fsp3) is 0.280. The van der Waals surface area contributed by atoms with E-state index >= 15 is 0 Å². The highest BCUT2D eigenvalue weighted by Crippen LogP contribution is 2.30. The first-order valence-corrected chi connectivity index (χ1v) is 10.1. The SMILES string of the molecule is CC(c1ccc(C(=O)C=Cc2ccc(C=CC(=O)O)cc2)cc1)C1CCNCC1.Cl. The molecular formula is C25H28ClNO3. The summed E-state index contributed by atoms with van der Waals surface area (Å²) < 4.78 is 0. The number of ketones is 1. The van der Waals surface area contributed by atoms with Crippen LogP contribution in [0.3, 0.4) is 0 Å². The van der Waals surface area contributed by atoms with E-state index in [0.717, 1.165) is 30.3 Å². The number of carboxylic acid groups (broad SMARTS) is 1. The summed E-state index contributed by atoms with van der Waals surface area (Å²) in [4.78, 5) is 23.0. The second-order valence-electron chi connectivity index (χ2n) is 7.53. The van der Waals surface area contributed by atoms with Crippen LogP contribution < -0.4 is 5.32 Å². The summed E-state index contributed by atoms with van der Waals surface area (Å²) in [7, 11) is 0. The van der Waals surface area contributed by atoms with Gasteiger partial charge < -0.3 is 10.4 Å². The Hall–Kier alpha value is -2.69. The molecule has 4 nitrogen and oxygen atoms in total. The van der Waals surface area contributed by atoms with Crippen molar-refractivity contribution in [2.45, 2.75) is 25.7 Å². The zero-order valence-electron chi connectivity index (χ0n) is 17.1. The lowest BCUT2D eigenvalue weighted by atomic mass is 9.81. The fourth-order valence-corrected chi connectivity index (χ4v) is 3.72. The monoisotopic (exact) mass is 425 g/mol. The van der Waals surface area contributed by atoms with Gasteiger partial charge in [0.25, 0.3) is 0 Å². The number of allylic oxidation sites excluding steroid dienone is 1.